The first-order valence-corrected chi connectivity index (χ1v) is 4.99. The highest BCUT2D eigenvalue weighted by atomic mass is 15.0. The summed E-state index contributed by atoms with van der Waals surface area (Å²) >= 11 is 0. The van der Waals surface area contributed by atoms with Gasteiger partial charge in [0, 0.05) is 30.9 Å². The van der Waals surface area contributed by atoms with E-state index >= 15 is 0 Å². The van der Waals surface area contributed by atoms with Crippen LogP contribution in [0, 0.1) is 5.92 Å². The van der Waals surface area contributed by atoms with Crippen molar-refractivity contribution in [3.8, 4) is 0 Å². The largest absolute Gasteiger partial charge is 0.313 e. The molecule has 2 nitrogen and oxygen atoms in total. The highest BCUT2D eigenvalue weighted by molar-refractivity contribution is 5.04. The standard InChI is InChI=1S/C11H16N2/c1-9-8-11(9)13-7-5-10-4-2-3-6-12-10/h2-4,6,9,11,13H,5,7-8H2,1H3. The maximum absolute atomic E-state index is 4.28. The van der Waals surface area contributed by atoms with Crippen LogP contribution in [0.2, 0.25) is 0 Å². The molecule has 0 aliphatic heterocycles. The van der Waals surface area contributed by atoms with Gasteiger partial charge in [0.25, 0.3) is 0 Å². The Morgan fingerprint density at radius 2 is 2.38 bits per heavy atom. The van der Waals surface area contributed by atoms with Gasteiger partial charge in [-0.1, -0.05) is 13.0 Å². The molecule has 0 amide bonds. The highest BCUT2D eigenvalue weighted by Gasteiger charge is 2.31. The van der Waals surface area contributed by atoms with Crippen molar-refractivity contribution in [2.75, 3.05) is 6.54 Å². The Labute approximate surface area is 79.4 Å². The average Bonchev–Trinajstić information content (AvgIpc) is 2.84. The Morgan fingerprint density at radius 3 is 3.00 bits per heavy atom. The molecule has 0 bridgehead atoms. The van der Waals surface area contributed by atoms with E-state index in [0.29, 0.717) is 0 Å². The molecule has 70 valence electrons. The minimum atomic E-state index is 0.781. The van der Waals surface area contributed by atoms with E-state index in [0.717, 1.165) is 24.9 Å². The number of rotatable bonds is 4. The molecule has 2 rings (SSSR count). The molecule has 13 heavy (non-hydrogen) atoms. The molecule has 1 aromatic rings. The van der Waals surface area contributed by atoms with Crippen LogP contribution in [0.5, 0.6) is 0 Å². The fraction of sp³-hybridized carbons (Fsp3) is 0.545. The Morgan fingerprint density at radius 1 is 1.54 bits per heavy atom. The topological polar surface area (TPSA) is 24.9 Å². The molecule has 1 aliphatic carbocycles. The molecular formula is C11H16N2. The zero-order valence-electron chi connectivity index (χ0n) is 8.03. The van der Waals surface area contributed by atoms with E-state index in [1.807, 2.05) is 18.3 Å². The van der Waals surface area contributed by atoms with E-state index in [1.165, 1.54) is 12.1 Å². The third-order valence-corrected chi connectivity index (χ3v) is 2.62. The van der Waals surface area contributed by atoms with Gasteiger partial charge in [0.15, 0.2) is 0 Å². The van der Waals surface area contributed by atoms with Gasteiger partial charge in [-0.2, -0.15) is 0 Å². The predicted molar refractivity (Wildman–Crippen MR) is 53.5 cm³/mol. The summed E-state index contributed by atoms with van der Waals surface area (Å²) in [5.74, 6) is 0.892. The van der Waals surface area contributed by atoms with Crippen molar-refractivity contribution in [3.63, 3.8) is 0 Å². The summed E-state index contributed by atoms with van der Waals surface area (Å²) < 4.78 is 0. The minimum absolute atomic E-state index is 0.781. The predicted octanol–water partition coefficient (Wildman–Crippen LogP) is 1.62. The summed E-state index contributed by atoms with van der Waals surface area (Å²) in [6.07, 6.45) is 4.25. The average molecular weight is 176 g/mol. The molecule has 1 heterocycles. The van der Waals surface area contributed by atoms with Gasteiger partial charge >= 0.3 is 0 Å². The van der Waals surface area contributed by atoms with Crippen LogP contribution in [0.25, 0.3) is 0 Å². The van der Waals surface area contributed by atoms with Gasteiger partial charge in [-0.3, -0.25) is 4.98 Å². The Hall–Kier alpha value is -0.890. The fourth-order valence-electron chi connectivity index (χ4n) is 1.54. The molecule has 1 aliphatic rings. The van der Waals surface area contributed by atoms with Crippen molar-refractivity contribution in [2.45, 2.75) is 25.8 Å². The number of hydrogen-bond acceptors (Lipinski definition) is 2. The number of hydrogen-bond donors (Lipinski definition) is 1. The molecule has 2 atom stereocenters. The Bertz CT molecular complexity index is 258. The van der Waals surface area contributed by atoms with E-state index in [-0.39, 0.29) is 0 Å². The van der Waals surface area contributed by atoms with E-state index in [2.05, 4.69) is 23.3 Å². The number of nitrogens with one attached hydrogen (secondary N) is 1. The lowest BCUT2D eigenvalue weighted by atomic mass is 10.3. The second kappa shape index (κ2) is 3.88. The van der Waals surface area contributed by atoms with Crippen molar-refractivity contribution >= 4 is 0 Å². The van der Waals surface area contributed by atoms with Crippen LogP contribution >= 0.6 is 0 Å². The molecule has 0 saturated heterocycles. The van der Waals surface area contributed by atoms with Crippen molar-refractivity contribution in [1.29, 1.82) is 0 Å². The van der Waals surface area contributed by atoms with E-state index in [4.69, 9.17) is 0 Å². The maximum Gasteiger partial charge on any atom is 0.0416 e. The molecule has 0 radical (unpaired) electrons. The third kappa shape index (κ3) is 2.52. The second-order valence-electron chi connectivity index (χ2n) is 3.84. The summed E-state index contributed by atoms with van der Waals surface area (Å²) in [5.41, 5.74) is 1.18. The third-order valence-electron chi connectivity index (χ3n) is 2.62. The minimum Gasteiger partial charge on any atom is -0.313 e. The number of nitrogens with zero attached hydrogens (tertiary/aromatic N) is 1. The van der Waals surface area contributed by atoms with E-state index < -0.39 is 0 Å². The Kier molecular flexibility index (Phi) is 2.60. The van der Waals surface area contributed by atoms with Gasteiger partial charge in [-0.25, -0.2) is 0 Å². The zero-order valence-corrected chi connectivity index (χ0v) is 8.03. The summed E-state index contributed by atoms with van der Waals surface area (Å²) in [5, 5.41) is 3.51. The molecule has 1 aromatic heterocycles. The molecule has 0 aromatic carbocycles. The second-order valence-corrected chi connectivity index (χ2v) is 3.84. The first-order chi connectivity index (χ1) is 6.36. The summed E-state index contributed by atoms with van der Waals surface area (Å²) in [6.45, 7) is 3.35. The lowest BCUT2D eigenvalue weighted by molar-refractivity contribution is 0.645. The monoisotopic (exact) mass is 176 g/mol. The quantitative estimate of drug-likeness (QED) is 0.754. The molecule has 1 saturated carbocycles. The smallest absolute Gasteiger partial charge is 0.0416 e. The van der Waals surface area contributed by atoms with E-state index in [9.17, 15) is 0 Å². The first-order valence-electron chi connectivity index (χ1n) is 4.99. The van der Waals surface area contributed by atoms with Gasteiger partial charge in [-0.15, -0.1) is 0 Å². The van der Waals surface area contributed by atoms with Gasteiger partial charge in [0.2, 0.25) is 0 Å². The first kappa shape index (κ1) is 8.70. The van der Waals surface area contributed by atoms with Crippen LogP contribution in [-0.4, -0.2) is 17.6 Å². The van der Waals surface area contributed by atoms with Crippen LogP contribution in [0.1, 0.15) is 19.0 Å². The number of pyridine rings is 1. The van der Waals surface area contributed by atoms with Crippen LogP contribution in [0.15, 0.2) is 24.4 Å². The maximum atomic E-state index is 4.28. The number of aromatic nitrogens is 1. The van der Waals surface area contributed by atoms with Crippen molar-refractivity contribution in [3.05, 3.63) is 30.1 Å². The molecule has 2 heteroatoms. The van der Waals surface area contributed by atoms with Crippen molar-refractivity contribution in [2.24, 2.45) is 5.92 Å². The normalized spacial score (nSPS) is 25.9. The van der Waals surface area contributed by atoms with E-state index in [1.54, 1.807) is 0 Å². The molecule has 0 spiro atoms. The lowest BCUT2D eigenvalue weighted by Crippen LogP contribution is -2.20. The van der Waals surface area contributed by atoms with Gasteiger partial charge in [-0.05, 0) is 24.5 Å². The van der Waals surface area contributed by atoms with Crippen molar-refractivity contribution in [1.82, 2.24) is 10.3 Å². The molecule has 1 N–H and O–H groups in total. The van der Waals surface area contributed by atoms with Gasteiger partial charge in [0.05, 0.1) is 0 Å². The summed E-state index contributed by atoms with van der Waals surface area (Å²) in [4.78, 5) is 4.28. The van der Waals surface area contributed by atoms with Crippen LogP contribution in [-0.2, 0) is 6.42 Å². The van der Waals surface area contributed by atoms with Crippen LogP contribution in [0.4, 0.5) is 0 Å². The van der Waals surface area contributed by atoms with Gasteiger partial charge < -0.3 is 5.32 Å². The lowest BCUT2D eigenvalue weighted by Gasteiger charge is -2.01. The van der Waals surface area contributed by atoms with Crippen LogP contribution < -0.4 is 5.32 Å². The fourth-order valence-corrected chi connectivity index (χ4v) is 1.54. The SMILES string of the molecule is CC1CC1NCCc1ccccn1. The molecule has 2 unspecified atom stereocenters. The molecule has 1 fully saturated rings. The summed E-state index contributed by atoms with van der Waals surface area (Å²) in [6, 6.07) is 6.86. The highest BCUT2D eigenvalue weighted by Crippen LogP contribution is 2.28. The van der Waals surface area contributed by atoms with Crippen LogP contribution in [0.3, 0.4) is 0 Å². The zero-order chi connectivity index (χ0) is 9.10. The molecular weight excluding hydrogens is 160 g/mol. The van der Waals surface area contributed by atoms with Gasteiger partial charge in [0.1, 0.15) is 0 Å². The summed E-state index contributed by atoms with van der Waals surface area (Å²) in [7, 11) is 0. The van der Waals surface area contributed by atoms with Crippen molar-refractivity contribution < 1.29 is 0 Å². The Balaban J connectivity index is 1.68.